The van der Waals surface area contributed by atoms with Gasteiger partial charge < -0.3 is 5.73 Å². The van der Waals surface area contributed by atoms with E-state index in [2.05, 4.69) is 0 Å². The van der Waals surface area contributed by atoms with Crippen molar-refractivity contribution in [3.63, 3.8) is 0 Å². The Balaban J connectivity index is 2.22. The highest BCUT2D eigenvalue weighted by molar-refractivity contribution is 5.35. The molecule has 2 aromatic rings. The van der Waals surface area contributed by atoms with E-state index in [1.54, 1.807) is 19.1 Å². The van der Waals surface area contributed by atoms with E-state index in [0.29, 0.717) is 23.1 Å². The third-order valence-electron chi connectivity index (χ3n) is 3.34. The summed E-state index contributed by atoms with van der Waals surface area (Å²) in [6.45, 7) is 1.59. The summed E-state index contributed by atoms with van der Waals surface area (Å²) in [5.74, 6) is -0.358. The van der Waals surface area contributed by atoms with Gasteiger partial charge in [-0.25, -0.2) is 4.39 Å². The van der Waals surface area contributed by atoms with Crippen LogP contribution in [0.1, 0.15) is 28.3 Å². The van der Waals surface area contributed by atoms with Gasteiger partial charge in [-0.3, -0.25) is 0 Å². The van der Waals surface area contributed by atoms with E-state index in [4.69, 9.17) is 5.73 Å². The van der Waals surface area contributed by atoms with Crippen molar-refractivity contribution in [2.24, 2.45) is 5.73 Å². The molecule has 0 aromatic heterocycles. The number of aryl methyl sites for hydroxylation is 1. The zero-order chi connectivity index (χ0) is 15.6. The van der Waals surface area contributed by atoms with Gasteiger partial charge >= 0.3 is 6.18 Å². The zero-order valence-corrected chi connectivity index (χ0v) is 11.4. The SMILES string of the molecule is Cc1cc(C(F)(F)F)ccc1C(N)Cc1cccc(F)c1. The molecule has 0 aliphatic rings. The molecule has 0 spiro atoms. The molecule has 1 unspecified atom stereocenters. The van der Waals surface area contributed by atoms with E-state index in [1.807, 2.05) is 0 Å². The minimum atomic E-state index is -4.37. The van der Waals surface area contributed by atoms with Crippen molar-refractivity contribution in [2.45, 2.75) is 25.6 Å². The van der Waals surface area contributed by atoms with Gasteiger partial charge in [0, 0.05) is 6.04 Å². The van der Waals surface area contributed by atoms with Gasteiger partial charge in [-0.15, -0.1) is 0 Å². The summed E-state index contributed by atoms with van der Waals surface area (Å²) in [6.07, 6.45) is -4.00. The quantitative estimate of drug-likeness (QED) is 0.835. The number of rotatable bonds is 3. The van der Waals surface area contributed by atoms with Crippen LogP contribution in [-0.2, 0) is 12.6 Å². The van der Waals surface area contributed by atoms with Crippen molar-refractivity contribution < 1.29 is 17.6 Å². The Morgan fingerprint density at radius 3 is 2.38 bits per heavy atom. The van der Waals surface area contributed by atoms with Crippen LogP contribution in [0, 0.1) is 12.7 Å². The van der Waals surface area contributed by atoms with E-state index >= 15 is 0 Å². The van der Waals surface area contributed by atoms with Crippen LogP contribution >= 0.6 is 0 Å². The molecule has 0 heterocycles. The summed E-state index contributed by atoms with van der Waals surface area (Å²) < 4.78 is 51.0. The first-order valence-electron chi connectivity index (χ1n) is 6.45. The molecular weight excluding hydrogens is 282 g/mol. The molecule has 2 rings (SSSR count). The maximum absolute atomic E-state index is 13.1. The van der Waals surface area contributed by atoms with Crippen LogP contribution in [0.4, 0.5) is 17.6 Å². The molecule has 0 fully saturated rings. The van der Waals surface area contributed by atoms with Crippen LogP contribution in [0.5, 0.6) is 0 Å². The third kappa shape index (κ3) is 3.82. The van der Waals surface area contributed by atoms with E-state index in [9.17, 15) is 17.6 Å². The second-order valence-corrected chi connectivity index (χ2v) is 5.01. The van der Waals surface area contributed by atoms with Crippen molar-refractivity contribution in [2.75, 3.05) is 0 Å². The molecule has 0 saturated heterocycles. The first-order chi connectivity index (χ1) is 9.77. The van der Waals surface area contributed by atoms with Crippen molar-refractivity contribution in [3.05, 3.63) is 70.5 Å². The van der Waals surface area contributed by atoms with E-state index in [-0.39, 0.29) is 5.82 Å². The van der Waals surface area contributed by atoms with Crippen LogP contribution in [0.2, 0.25) is 0 Å². The lowest BCUT2D eigenvalue weighted by Gasteiger charge is -2.17. The molecule has 21 heavy (non-hydrogen) atoms. The van der Waals surface area contributed by atoms with Crippen molar-refractivity contribution in [3.8, 4) is 0 Å². The largest absolute Gasteiger partial charge is 0.416 e. The fourth-order valence-corrected chi connectivity index (χ4v) is 2.30. The average Bonchev–Trinajstić information content (AvgIpc) is 2.37. The lowest BCUT2D eigenvalue weighted by atomic mass is 9.94. The molecule has 1 nitrogen and oxygen atoms in total. The van der Waals surface area contributed by atoms with Crippen LogP contribution in [0.25, 0.3) is 0 Å². The Morgan fingerprint density at radius 1 is 1.10 bits per heavy atom. The molecule has 0 aliphatic heterocycles. The molecule has 1 atom stereocenters. The second kappa shape index (κ2) is 5.85. The summed E-state index contributed by atoms with van der Waals surface area (Å²) in [4.78, 5) is 0. The van der Waals surface area contributed by atoms with Crippen LogP contribution in [-0.4, -0.2) is 0 Å². The summed E-state index contributed by atoms with van der Waals surface area (Å²) in [5.41, 5.74) is 7.16. The highest BCUT2D eigenvalue weighted by atomic mass is 19.4. The van der Waals surface area contributed by atoms with Gasteiger partial charge in [0.15, 0.2) is 0 Å². The van der Waals surface area contributed by atoms with Crippen LogP contribution < -0.4 is 5.73 Å². The monoisotopic (exact) mass is 297 g/mol. The summed E-state index contributed by atoms with van der Waals surface area (Å²) in [6, 6.07) is 9.04. The normalized spacial score (nSPS) is 13.2. The van der Waals surface area contributed by atoms with Gasteiger partial charge in [0.05, 0.1) is 5.56 Å². The Labute approximate surface area is 120 Å². The van der Waals surface area contributed by atoms with Crippen LogP contribution in [0.3, 0.4) is 0 Å². The lowest BCUT2D eigenvalue weighted by Crippen LogP contribution is -2.16. The predicted molar refractivity (Wildman–Crippen MR) is 73.2 cm³/mol. The lowest BCUT2D eigenvalue weighted by molar-refractivity contribution is -0.137. The molecule has 0 aliphatic carbocycles. The van der Waals surface area contributed by atoms with Crippen molar-refractivity contribution >= 4 is 0 Å². The maximum Gasteiger partial charge on any atom is 0.416 e. The molecule has 0 amide bonds. The summed E-state index contributed by atoms with van der Waals surface area (Å²) >= 11 is 0. The molecule has 112 valence electrons. The van der Waals surface area contributed by atoms with E-state index in [0.717, 1.165) is 12.1 Å². The minimum Gasteiger partial charge on any atom is -0.324 e. The minimum absolute atomic E-state index is 0.358. The van der Waals surface area contributed by atoms with Gasteiger partial charge in [-0.2, -0.15) is 13.2 Å². The Hall–Kier alpha value is -1.88. The zero-order valence-electron chi connectivity index (χ0n) is 11.4. The smallest absolute Gasteiger partial charge is 0.324 e. The fourth-order valence-electron chi connectivity index (χ4n) is 2.30. The third-order valence-corrected chi connectivity index (χ3v) is 3.34. The Bertz CT molecular complexity index is 634. The first kappa shape index (κ1) is 15.5. The number of hydrogen-bond donors (Lipinski definition) is 1. The van der Waals surface area contributed by atoms with Crippen molar-refractivity contribution in [1.29, 1.82) is 0 Å². The standard InChI is InChI=1S/C16H15F4N/c1-10-7-12(16(18,19)20)5-6-14(10)15(21)9-11-3-2-4-13(17)8-11/h2-8,15H,9,21H2,1H3. The molecule has 2 aromatic carbocycles. The molecule has 0 saturated carbocycles. The molecule has 0 bridgehead atoms. The second-order valence-electron chi connectivity index (χ2n) is 5.01. The molecular formula is C16H15F4N. The number of halogens is 4. The van der Waals surface area contributed by atoms with E-state index < -0.39 is 17.8 Å². The van der Waals surface area contributed by atoms with Crippen LogP contribution in [0.15, 0.2) is 42.5 Å². The first-order valence-corrected chi connectivity index (χ1v) is 6.45. The summed E-state index contributed by atoms with van der Waals surface area (Å²) in [5, 5.41) is 0. The topological polar surface area (TPSA) is 26.0 Å². The number of alkyl halides is 3. The average molecular weight is 297 g/mol. The predicted octanol–water partition coefficient (Wildman–Crippen LogP) is 4.40. The van der Waals surface area contributed by atoms with Gasteiger partial charge in [0.1, 0.15) is 5.82 Å². The van der Waals surface area contributed by atoms with Gasteiger partial charge in [-0.05, 0) is 54.3 Å². The Kier molecular flexibility index (Phi) is 4.32. The number of nitrogens with two attached hydrogens (primary N) is 1. The highest BCUT2D eigenvalue weighted by Crippen LogP contribution is 2.31. The number of hydrogen-bond acceptors (Lipinski definition) is 1. The fraction of sp³-hybridized carbons (Fsp3) is 0.250. The number of benzene rings is 2. The van der Waals surface area contributed by atoms with Gasteiger partial charge in [0.2, 0.25) is 0 Å². The molecule has 0 radical (unpaired) electrons. The van der Waals surface area contributed by atoms with Gasteiger partial charge in [-0.1, -0.05) is 18.2 Å². The summed E-state index contributed by atoms with van der Waals surface area (Å²) in [7, 11) is 0. The van der Waals surface area contributed by atoms with Gasteiger partial charge in [0.25, 0.3) is 0 Å². The van der Waals surface area contributed by atoms with Crippen molar-refractivity contribution in [1.82, 2.24) is 0 Å². The Morgan fingerprint density at radius 2 is 1.81 bits per heavy atom. The van der Waals surface area contributed by atoms with E-state index in [1.165, 1.54) is 18.2 Å². The highest BCUT2D eigenvalue weighted by Gasteiger charge is 2.30. The molecule has 2 N–H and O–H groups in total. The molecule has 5 heteroatoms. The maximum atomic E-state index is 13.1.